The number of nitrogens with zero attached hydrogens (tertiary/aromatic N) is 1. The van der Waals surface area contributed by atoms with E-state index < -0.39 is 0 Å². The zero-order valence-electron chi connectivity index (χ0n) is 14.9. The highest BCUT2D eigenvalue weighted by Crippen LogP contribution is 2.44. The van der Waals surface area contributed by atoms with Crippen molar-refractivity contribution in [2.75, 3.05) is 0 Å². The molecule has 0 bridgehead atoms. The largest absolute Gasteiger partial charge is 0.508 e. The molecule has 1 N–H and O–H groups in total. The Labute approximate surface area is 150 Å². The van der Waals surface area contributed by atoms with Crippen molar-refractivity contribution in [1.82, 2.24) is 0 Å². The summed E-state index contributed by atoms with van der Waals surface area (Å²) in [5.41, 5.74) is 1.16. The summed E-state index contributed by atoms with van der Waals surface area (Å²) in [7, 11) is 0. The average Bonchev–Trinajstić information content (AvgIpc) is 3.22. The van der Waals surface area contributed by atoms with Gasteiger partial charge in [0.25, 0.3) is 0 Å². The summed E-state index contributed by atoms with van der Waals surface area (Å²) in [6.45, 7) is 9.90. The van der Waals surface area contributed by atoms with Gasteiger partial charge in [-0.2, -0.15) is 0 Å². The molecule has 0 aliphatic heterocycles. The minimum absolute atomic E-state index is 0.154. The standard InChI is InChI=1S/C22H27NO2/c1-16-14-22(23-2)21(12-11-17-6-3-7-18(24)15-17)20(16)10-4-8-19-9-5-13-25-19/h3,5-7,9,13,15-16,20-22,24H,4,8,10-12,14H2,1H3/t16?,20-,21+,22?/m0/s1. The SMILES string of the molecule is [C-]#[N+]C1CC(C)[C@H](CCCc2ccco2)[C@H]1CCc1cccc(O)c1. The minimum Gasteiger partial charge on any atom is -0.508 e. The first-order valence-corrected chi connectivity index (χ1v) is 9.34. The van der Waals surface area contributed by atoms with Crippen LogP contribution in [0.2, 0.25) is 0 Å². The van der Waals surface area contributed by atoms with Gasteiger partial charge in [-0.15, -0.1) is 0 Å². The van der Waals surface area contributed by atoms with Crippen LogP contribution in [0, 0.1) is 24.3 Å². The van der Waals surface area contributed by atoms with E-state index in [1.807, 2.05) is 24.3 Å². The van der Waals surface area contributed by atoms with Crippen LogP contribution >= 0.6 is 0 Å². The van der Waals surface area contributed by atoms with Crippen LogP contribution in [-0.2, 0) is 12.8 Å². The van der Waals surface area contributed by atoms with Gasteiger partial charge in [0, 0.05) is 18.8 Å². The van der Waals surface area contributed by atoms with Crippen LogP contribution in [0.15, 0.2) is 47.1 Å². The van der Waals surface area contributed by atoms with Gasteiger partial charge in [-0.1, -0.05) is 19.1 Å². The molecule has 0 spiro atoms. The van der Waals surface area contributed by atoms with Crippen molar-refractivity contribution >= 4 is 0 Å². The maximum atomic E-state index is 9.65. The predicted molar refractivity (Wildman–Crippen MR) is 99.2 cm³/mol. The van der Waals surface area contributed by atoms with Crippen molar-refractivity contribution in [3.63, 3.8) is 0 Å². The van der Waals surface area contributed by atoms with Gasteiger partial charge in [0.2, 0.25) is 6.04 Å². The molecule has 0 saturated heterocycles. The van der Waals surface area contributed by atoms with E-state index >= 15 is 0 Å². The maximum absolute atomic E-state index is 9.65. The van der Waals surface area contributed by atoms with Crippen molar-refractivity contribution in [2.24, 2.45) is 17.8 Å². The second-order valence-corrected chi connectivity index (χ2v) is 7.42. The fraction of sp³-hybridized carbons (Fsp3) is 0.500. The van der Waals surface area contributed by atoms with E-state index in [2.05, 4.69) is 17.8 Å². The van der Waals surface area contributed by atoms with E-state index in [1.54, 1.807) is 12.3 Å². The molecule has 1 aliphatic carbocycles. The zero-order valence-corrected chi connectivity index (χ0v) is 14.9. The maximum Gasteiger partial charge on any atom is 0.227 e. The number of aromatic hydroxyl groups is 1. The smallest absolute Gasteiger partial charge is 0.227 e. The Hall–Kier alpha value is -2.21. The number of rotatable bonds is 7. The van der Waals surface area contributed by atoms with Crippen LogP contribution in [0.5, 0.6) is 5.75 Å². The number of hydrogen-bond acceptors (Lipinski definition) is 2. The Morgan fingerprint density at radius 3 is 2.76 bits per heavy atom. The highest BCUT2D eigenvalue weighted by atomic mass is 16.3. The molecule has 1 aromatic carbocycles. The van der Waals surface area contributed by atoms with E-state index in [0.29, 0.717) is 23.5 Å². The molecule has 25 heavy (non-hydrogen) atoms. The van der Waals surface area contributed by atoms with Gasteiger partial charge in [0.1, 0.15) is 11.5 Å². The molecular weight excluding hydrogens is 310 g/mol. The van der Waals surface area contributed by atoms with E-state index in [0.717, 1.165) is 43.4 Å². The molecule has 3 heteroatoms. The van der Waals surface area contributed by atoms with Gasteiger partial charge >= 0.3 is 0 Å². The van der Waals surface area contributed by atoms with E-state index in [4.69, 9.17) is 11.0 Å². The first kappa shape index (κ1) is 17.6. The molecule has 4 atom stereocenters. The fourth-order valence-corrected chi connectivity index (χ4v) is 4.50. The molecule has 132 valence electrons. The minimum atomic E-state index is 0.154. The summed E-state index contributed by atoms with van der Waals surface area (Å²) in [6.07, 6.45) is 8.01. The summed E-state index contributed by atoms with van der Waals surface area (Å²) >= 11 is 0. The van der Waals surface area contributed by atoms with Crippen molar-refractivity contribution < 1.29 is 9.52 Å². The normalized spacial score (nSPS) is 25.8. The lowest BCUT2D eigenvalue weighted by Gasteiger charge is -2.22. The van der Waals surface area contributed by atoms with Crippen LogP contribution in [0.1, 0.15) is 43.9 Å². The summed E-state index contributed by atoms with van der Waals surface area (Å²) in [5.74, 6) is 3.08. The number of benzene rings is 1. The van der Waals surface area contributed by atoms with Crippen LogP contribution in [0.4, 0.5) is 0 Å². The van der Waals surface area contributed by atoms with Crippen LogP contribution in [0.3, 0.4) is 0 Å². The number of aryl methyl sites for hydroxylation is 2. The third kappa shape index (κ3) is 4.45. The van der Waals surface area contributed by atoms with Gasteiger partial charge in [0.05, 0.1) is 6.26 Å². The van der Waals surface area contributed by atoms with Crippen LogP contribution < -0.4 is 0 Å². The number of phenolic OH excluding ortho intramolecular Hbond substituents is 1. The highest BCUT2D eigenvalue weighted by Gasteiger charge is 2.44. The molecule has 1 saturated carbocycles. The Kier molecular flexibility index (Phi) is 5.81. The second kappa shape index (κ2) is 8.25. The average molecular weight is 337 g/mol. The Morgan fingerprint density at radius 1 is 1.16 bits per heavy atom. The monoisotopic (exact) mass is 337 g/mol. The molecule has 1 heterocycles. The quantitative estimate of drug-likeness (QED) is 0.677. The molecule has 2 unspecified atom stereocenters. The molecule has 3 rings (SSSR count). The molecule has 1 aromatic heterocycles. The van der Waals surface area contributed by atoms with Crippen LogP contribution in [0.25, 0.3) is 4.85 Å². The third-order valence-corrected chi connectivity index (χ3v) is 5.77. The first-order valence-electron chi connectivity index (χ1n) is 9.34. The third-order valence-electron chi connectivity index (χ3n) is 5.77. The second-order valence-electron chi connectivity index (χ2n) is 7.42. The lowest BCUT2D eigenvalue weighted by Crippen LogP contribution is -2.19. The fourth-order valence-electron chi connectivity index (χ4n) is 4.50. The van der Waals surface area contributed by atoms with Crippen molar-refractivity contribution in [3.05, 3.63) is 65.4 Å². The van der Waals surface area contributed by atoms with Crippen molar-refractivity contribution in [1.29, 1.82) is 0 Å². The van der Waals surface area contributed by atoms with E-state index in [9.17, 15) is 5.11 Å². The topological polar surface area (TPSA) is 37.7 Å². The molecular formula is C22H27NO2. The van der Waals surface area contributed by atoms with Gasteiger partial charge in [0.15, 0.2) is 0 Å². The Morgan fingerprint density at radius 2 is 2.04 bits per heavy atom. The van der Waals surface area contributed by atoms with Gasteiger partial charge < -0.3 is 14.4 Å². The van der Waals surface area contributed by atoms with Gasteiger partial charge in [-0.25, -0.2) is 6.57 Å². The molecule has 3 nitrogen and oxygen atoms in total. The molecule has 0 amide bonds. The first-order chi connectivity index (χ1) is 12.2. The van der Waals surface area contributed by atoms with Crippen molar-refractivity contribution in [2.45, 2.75) is 51.5 Å². The summed E-state index contributed by atoms with van der Waals surface area (Å²) in [4.78, 5) is 3.94. The summed E-state index contributed by atoms with van der Waals surface area (Å²) in [6, 6.07) is 11.7. The van der Waals surface area contributed by atoms with Gasteiger partial charge in [-0.05, 0) is 67.3 Å². The van der Waals surface area contributed by atoms with Crippen LogP contribution in [-0.4, -0.2) is 11.1 Å². The number of phenols is 1. The summed E-state index contributed by atoms with van der Waals surface area (Å²) in [5, 5.41) is 9.65. The molecule has 2 aromatic rings. The number of hydrogen-bond donors (Lipinski definition) is 1. The number of furan rings is 1. The highest BCUT2D eigenvalue weighted by molar-refractivity contribution is 5.27. The van der Waals surface area contributed by atoms with Crippen molar-refractivity contribution in [3.8, 4) is 5.75 Å². The zero-order chi connectivity index (χ0) is 17.6. The van der Waals surface area contributed by atoms with E-state index in [1.165, 1.54) is 6.42 Å². The Balaban J connectivity index is 1.59. The van der Waals surface area contributed by atoms with Gasteiger partial charge in [-0.3, -0.25) is 0 Å². The lowest BCUT2D eigenvalue weighted by molar-refractivity contribution is 0.281. The Bertz CT molecular complexity index is 701. The molecule has 0 radical (unpaired) electrons. The van der Waals surface area contributed by atoms with E-state index in [-0.39, 0.29) is 6.04 Å². The lowest BCUT2D eigenvalue weighted by atomic mass is 9.82. The molecule has 1 fully saturated rings. The predicted octanol–water partition coefficient (Wildman–Crippen LogP) is 5.50. The summed E-state index contributed by atoms with van der Waals surface area (Å²) < 4.78 is 5.44. The molecule has 1 aliphatic rings.